The van der Waals surface area contributed by atoms with E-state index in [4.69, 9.17) is 0 Å². The van der Waals surface area contributed by atoms with Crippen LogP contribution >= 0.6 is 0 Å². The second-order valence-electron chi connectivity index (χ2n) is 6.20. The van der Waals surface area contributed by atoms with Gasteiger partial charge in [0.15, 0.2) is 5.65 Å². The number of aromatic nitrogens is 2. The number of carbonyl (C=O) groups is 1. The number of nitrogens with zero attached hydrogens (tertiary/aromatic N) is 3. The second kappa shape index (κ2) is 6.85. The average molecular weight is 369 g/mol. The minimum atomic E-state index is -0.336. The highest BCUT2D eigenvalue weighted by Gasteiger charge is 2.15. The third-order valence-electron chi connectivity index (χ3n) is 4.55. The number of amides is 1. The van der Waals surface area contributed by atoms with E-state index in [-0.39, 0.29) is 16.7 Å². The van der Waals surface area contributed by atoms with Crippen molar-refractivity contribution in [1.82, 2.24) is 20.2 Å². The smallest absolute Gasteiger partial charge is 0.269 e. The molecule has 0 radical (unpaired) electrons. The maximum atomic E-state index is 13.1. The standard InChI is InChI=1S/C21H15N5O2/c1-13-15(11-22)19-24-17-9-5-6-10-18(17)26(19)21(28)16(13)12-23-25-20(27)14-7-3-2-4-8-14/h2-10,12,23H,1H3,(H,25,27)/b16-12-. The van der Waals surface area contributed by atoms with E-state index in [1.165, 1.54) is 10.6 Å². The van der Waals surface area contributed by atoms with Crippen molar-refractivity contribution >= 4 is 28.8 Å². The molecule has 2 aromatic carbocycles. The summed E-state index contributed by atoms with van der Waals surface area (Å²) in [5.74, 6) is -0.336. The highest BCUT2D eigenvalue weighted by molar-refractivity contribution is 5.94. The molecule has 7 heteroatoms. The van der Waals surface area contributed by atoms with Crippen molar-refractivity contribution in [3.8, 4) is 6.07 Å². The van der Waals surface area contributed by atoms with E-state index in [1.807, 2.05) is 18.2 Å². The van der Waals surface area contributed by atoms with Crippen molar-refractivity contribution in [3.63, 3.8) is 0 Å². The summed E-state index contributed by atoms with van der Waals surface area (Å²) in [6, 6.07) is 18.0. The van der Waals surface area contributed by atoms with Gasteiger partial charge in [0, 0.05) is 11.8 Å². The summed E-state index contributed by atoms with van der Waals surface area (Å²) in [6.07, 6.45) is 1.40. The molecular formula is C21H15N5O2. The first-order chi connectivity index (χ1) is 13.6. The van der Waals surface area contributed by atoms with Gasteiger partial charge >= 0.3 is 0 Å². The van der Waals surface area contributed by atoms with E-state index in [2.05, 4.69) is 21.9 Å². The van der Waals surface area contributed by atoms with Crippen molar-refractivity contribution in [2.75, 3.05) is 0 Å². The molecule has 0 aliphatic heterocycles. The molecule has 0 saturated heterocycles. The third kappa shape index (κ3) is 2.73. The Balaban J connectivity index is 1.82. The molecule has 0 unspecified atom stereocenters. The fourth-order valence-electron chi connectivity index (χ4n) is 3.12. The van der Waals surface area contributed by atoms with Gasteiger partial charge in [-0.25, -0.2) is 4.98 Å². The molecule has 7 nitrogen and oxygen atoms in total. The first-order valence-electron chi connectivity index (χ1n) is 8.57. The molecule has 136 valence electrons. The van der Waals surface area contributed by atoms with Gasteiger partial charge in [0.1, 0.15) is 6.07 Å². The molecule has 0 bridgehead atoms. The number of imidazole rings is 1. The lowest BCUT2D eigenvalue weighted by atomic mass is 10.1. The van der Waals surface area contributed by atoms with Crippen molar-refractivity contribution in [1.29, 1.82) is 5.26 Å². The number of rotatable bonds is 3. The number of hydrogen-bond acceptors (Lipinski definition) is 5. The molecule has 0 saturated carbocycles. The zero-order chi connectivity index (χ0) is 19.7. The molecule has 0 spiro atoms. The fourth-order valence-corrected chi connectivity index (χ4v) is 3.12. The zero-order valence-corrected chi connectivity index (χ0v) is 14.9. The van der Waals surface area contributed by atoms with Gasteiger partial charge in [0.25, 0.3) is 11.5 Å². The summed E-state index contributed by atoms with van der Waals surface area (Å²) in [5, 5.41) is 9.89. The first kappa shape index (κ1) is 17.2. The third-order valence-corrected chi connectivity index (χ3v) is 4.55. The Bertz CT molecular complexity index is 1370. The quantitative estimate of drug-likeness (QED) is 0.532. The van der Waals surface area contributed by atoms with Crippen LogP contribution in [-0.4, -0.2) is 15.3 Å². The number of hydrazine groups is 1. The maximum Gasteiger partial charge on any atom is 0.269 e. The van der Waals surface area contributed by atoms with Crippen LogP contribution in [0.3, 0.4) is 0 Å². The lowest BCUT2D eigenvalue weighted by Crippen LogP contribution is -2.40. The average Bonchev–Trinajstić information content (AvgIpc) is 3.10. The maximum absolute atomic E-state index is 13.1. The Morgan fingerprint density at radius 2 is 1.86 bits per heavy atom. The minimum absolute atomic E-state index is 0.278. The Labute approximate surface area is 159 Å². The monoisotopic (exact) mass is 369 g/mol. The number of para-hydroxylation sites is 2. The predicted molar refractivity (Wildman–Crippen MR) is 105 cm³/mol. The summed E-state index contributed by atoms with van der Waals surface area (Å²) < 4.78 is 1.42. The van der Waals surface area contributed by atoms with Gasteiger partial charge in [0.2, 0.25) is 0 Å². The van der Waals surface area contributed by atoms with Crippen LogP contribution in [0.25, 0.3) is 22.9 Å². The van der Waals surface area contributed by atoms with Crippen molar-refractivity contribution < 1.29 is 4.79 Å². The molecule has 28 heavy (non-hydrogen) atoms. The number of fused-ring (bicyclic) bond motifs is 3. The predicted octanol–water partition coefficient (Wildman–Crippen LogP) is 1.42. The molecule has 4 rings (SSSR count). The number of nitrogens with one attached hydrogen (secondary N) is 2. The molecule has 2 N–H and O–H groups in total. The van der Waals surface area contributed by atoms with Crippen LogP contribution in [0.2, 0.25) is 0 Å². The molecule has 0 aliphatic carbocycles. The van der Waals surface area contributed by atoms with E-state index in [0.717, 1.165) is 0 Å². The van der Waals surface area contributed by atoms with Gasteiger partial charge in [-0.2, -0.15) is 5.26 Å². The number of hydrogen-bond donors (Lipinski definition) is 2. The van der Waals surface area contributed by atoms with Crippen LogP contribution in [0.5, 0.6) is 0 Å². The molecule has 4 aromatic rings. The van der Waals surface area contributed by atoms with E-state index >= 15 is 0 Å². The van der Waals surface area contributed by atoms with E-state index in [9.17, 15) is 14.9 Å². The highest BCUT2D eigenvalue weighted by atomic mass is 16.2. The van der Waals surface area contributed by atoms with Gasteiger partial charge in [-0.1, -0.05) is 30.3 Å². The van der Waals surface area contributed by atoms with Crippen molar-refractivity contribution in [3.05, 3.63) is 86.9 Å². The molecule has 0 atom stereocenters. The van der Waals surface area contributed by atoms with Gasteiger partial charge in [0.05, 0.1) is 21.8 Å². The van der Waals surface area contributed by atoms with Crippen LogP contribution in [0.4, 0.5) is 0 Å². The summed E-state index contributed by atoms with van der Waals surface area (Å²) >= 11 is 0. The van der Waals surface area contributed by atoms with E-state index in [0.29, 0.717) is 33.4 Å². The summed E-state index contributed by atoms with van der Waals surface area (Å²) in [5.41, 5.74) is 7.77. The summed E-state index contributed by atoms with van der Waals surface area (Å²) in [4.78, 5) is 29.6. The number of benzene rings is 2. The Morgan fingerprint density at radius 1 is 1.14 bits per heavy atom. The number of carbonyl (C=O) groups excluding carboxylic acids is 1. The second-order valence-corrected chi connectivity index (χ2v) is 6.20. The van der Waals surface area contributed by atoms with Crippen LogP contribution < -0.4 is 21.6 Å². The van der Waals surface area contributed by atoms with Crippen LogP contribution in [0.15, 0.2) is 59.4 Å². The van der Waals surface area contributed by atoms with Gasteiger partial charge in [-0.05, 0) is 36.8 Å². The van der Waals surface area contributed by atoms with Crippen LogP contribution in [0, 0.1) is 18.3 Å². The Kier molecular flexibility index (Phi) is 4.22. The van der Waals surface area contributed by atoms with E-state index < -0.39 is 0 Å². The fraction of sp³-hybridized carbons (Fsp3) is 0.0476. The van der Waals surface area contributed by atoms with Crippen molar-refractivity contribution in [2.24, 2.45) is 0 Å². The minimum Gasteiger partial charge on any atom is -0.305 e. The van der Waals surface area contributed by atoms with Gasteiger partial charge < -0.3 is 5.43 Å². The number of pyridine rings is 1. The van der Waals surface area contributed by atoms with Crippen LogP contribution in [0.1, 0.15) is 21.5 Å². The largest absolute Gasteiger partial charge is 0.305 e. The first-order valence-corrected chi connectivity index (χ1v) is 8.57. The van der Waals surface area contributed by atoms with E-state index in [1.54, 1.807) is 43.3 Å². The molecule has 0 fully saturated rings. The van der Waals surface area contributed by atoms with Crippen LogP contribution in [-0.2, 0) is 0 Å². The highest BCUT2D eigenvalue weighted by Crippen LogP contribution is 2.17. The Morgan fingerprint density at radius 3 is 2.61 bits per heavy atom. The summed E-state index contributed by atoms with van der Waals surface area (Å²) in [7, 11) is 0. The molecule has 2 heterocycles. The lowest BCUT2D eigenvalue weighted by Gasteiger charge is -2.06. The van der Waals surface area contributed by atoms with Gasteiger partial charge in [-0.15, -0.1) is 0 Å². The zero-order valence-electron chi connectivity index (χ0n) is 14.9. The molecule has 2 aromatic heterocycles. The lowest BCUT2D eigenvalue weighted by molar-refractivity contribution is 0.0943. The number of nitriles is 1. The summed E-state index contributed by atoms with van der Waals surface area (Å²) in [6.45, 7) is 1.69. The normalized spacial score (nSPS) is 11.5. The molecule has 0 aliphatic rings. The molecular weight excluding hydrogens is 354 g/mol. The molecule has 1 amide bonds. The van der Waals surface area contributed by atoms with Crippen molar-refractivity contribution in [2.45, 2.75) is 6.92 Å². The Hall–Kier alpha value is -4.18. The van der Waals surface area contributed by atoms with Gasteiger partial charge in [-0.3, -0.25) is 19.4 Å². The SMILES string of the molecule is Cc1c(C#N)c2nc3ccccc3n2c(=O)/c1=C\NNC(=O)c1ccccc1. The topological polar surface area (TPSA) is 99.3 Å².